The number of aromatic nitrogens is 2. The Bertz CT molecular complexity index is 623. The Morgan fingerprint density at radius 1 is 1.10 bits per heavy atom. The number of benzene rings is 1. The summed E-state index contributed by atoms with van der Waals surface area (Å²) in [4.78, 5) is 11.3. The summed E-state index contributed by atoms with van der Waals surface area (Å²) in [7, 11) is 0. The molecule has 5 heteroatoms. The minimum atomic E-state index is -0.0721. The van der Waals surface area contributed by atoms with Crippen LogP contribution < -0.4 is 10.6 Å². The molecule has 0 fully saturated rings. The third-order valence-corrected chi connectivity index (χ3v) is 3.25. The molecule has 1 amide bonds. The largest absolute Gasteiger partial charge is 0.338 e. The highest BCUT2D eigenvalue weighted by atomic mass is 16.1. The molecule has 0 radical (unpaired) electrons. The Morgan fingerprint density at radius 2 is 1.81 bits per heavy atom. The van der Waals surface area contributed by atoms with Gasteiger partial charge >= 0.3 is 0 Å². The number of hydrogen-bond acceptors (Lipinski definition) is 4. The van der Waals surface area contributed by atoms with Crippen molar-refractivity contribution in [3.05, 3.63) is 41.5 Å². The molecule has 5 nitrogen and oxygen atoms in total. The van der Waals surface area contributed by atoms with Crippen molar-refractivity contribution in [3.8, 4) is 0 Å². The summed E-state index contributed by atoms with van der Waals surface area (Å²) in [6.45, 7) is 5.98. The number of nitrogens with zero attached hydrogens (tertiary/aromatic N) is 2. The SMILES string of the molecule is CCC(=O)Nc1ccc(Nc2c(C)cccc2CC)nn1. The normalized spacial score (nSPS) is 10.2. The zero-order valence-corrected chi connectivity index (χ0v) is 12.6. The zero-order chi connectivity index (χ0) is 15.2. The van der Waals surface area contributed by atoms with Gasteiger partial charge in [0.2, 0.25) is 5.91 Å². The molecule has 0 bridgehead atoms. The minimum Gasteiger partial charge on any atom is -0.338 e. The van der Waals surface area contributed by atoms with Crippen molar-refractivity contribution >= 4 is 23.2 Å². The summed E-state index contributed by atoms with van der Waals surface area (Å²) in [6.07, 6.45) is 1.37. The lowest BCUT2D eigenvalue weighted by Crippen LogP contribution is -2.11. The van der Waals surface area contributed by atoms with Gasteiger partial charge in [-0.1, -0.05) is 32.0 Å². The zero-order valence-electron chi connectivity index (χ0n) is 12.6. The van der Waals surface area contributed by atoms with Gasteiger partial charge in [0.15, 0.2) is 11.6 Å². The molecule has 1 aromatic carbocycles. The van der Waals surface area contributed by atoms with Crippen LogP contribution in [0.25, 0.3) is 0 Å². The van der Waals surface area contributed by atoms with E-state index >= 15 is 0 Å². The molecule has 2 aromatic rings. The quantitative estimate of drug-likeness (QED) is 0.882. The van der Waals surface area contributed by atoms with Crippen molar-refractivity contribution < 1.29 is 4.79 Å². The molecular formula is C16H20N4O. The Kier molecular flexibility index (Phi) is 4.87. The fraction of sp³-hybridized carbons (Fsp3) is 0.312. The Balaban J connectivity index is 2.16. The molecule has 2 rings (SSSR count). The smallest absolute Gasteiger partial charge is 0.225 e. The molecule has 0 aliphatic heterocycles. The number of para-hydroxylation sites is 1. The summed E-state index contributed by atoms with van der Waals surface area (Å²) in [5.41, 5.74) is 3.47. The predicted molar refractivity (Wildman–Crippen MR) is 84.8 cm³/mol. The van der Waals surface area contributed by atoms with Gasteiger partial charge in [-0.3, -0.25) is 4.79 Å². The van der Waals surface area contributed by atoms with E-state index in [4.69, 9.17) is 0 Å². The number of aryl methyl sites for hydroxylation is 2. The van der Waals surface area contributed by atoms with Crippen molar-refractivity contribution in [1.29, 1.82) is 0 Å². The molecule has 2 N–H and O–H groups in total. The summed E-state index contributed by atoms with van der Waals surface area (Å²) >= 11 is 0. The van der Waals surface area contributed by atoms with Gasteiger partial charge in [0.25, 0.3) is 0 Å². The van der Waals surface area contributed by atoms with E-state index in [0.29, 0.717) is 18.1 Å². The van der Waals surface area contributed by atoms with E-state index in [0.717, 1.165) is 12.1 Å². The molecule has 0 unspecified atom stereocenters. The first-order valence-corrected chi connectivity index (χ1v) is 7.13. The van der Waals surface area contributed by atoms with Crippen molar-refractivity contribution in [2.75, 3.05) is 10.6 Å². The first-order chi connectivity index (χ1) is 10.1. The molecule has 0 saturated heterocycles. The van der Waals surface area contributed by atoms with Gasteiger partial charge < -0.3 is 10.6 Å². The monoisotopic (exact) mass is 284 g/mol. The second-order valence-electron chi connectivity index (χ2n) is 4.79. The molecule has 21 heavy (non-hydrogen) atoms. The summed E-state index contributed by atoms with van der Waals surface area (Å²) < 4.78 is 0. The van der Waals surface area contributed by atoms with Gasteiger partial charge in [0, 0.05) is 12.1 Å². The molecular weight excluding hydrogens is 264 g/mol. The van der Waals surface area contributed by atoms with Crippen LogP contribution in [0.5, 0.6) is 0 Å². The van der Waals surface area contributed by atoms with Crippen LogP contribution in [0.1, 0.15) is 31.4 Å². The van der Waals surface area contributed by atoms with Crippen LogP contribution >= 0.6 is 0 Å². The number of amides is 1. The Morgan fingerprint density at radius 3 is 2.43 bits per heavy atom. The lowest BCUT2D eigenvalue weighted by molar-refractivity contribution is -0.115. The van der Waals surface area contributed by atoms with Crippen molar-refractivity contribution in [1.82, 2.24) is 10.2 Å². The van der Waals surface area contributed by atoms with Gasteiger partial charge in [-0.2, -0.15) is 0 Å². The van der Waals surface area contributed by atoms with E-state index in [1.807, 2.05) is 6.07 Å². The summed E-state index contributed by atoms with van der Waals surface area (Å²) in [5, 5.41) is 14.1. The van der Waals surface area contributed by atoms with E-state index in [-0.39, 0.29) is 5.91 Å². The van der Waals surface area contributed by atoms with Gasteiger partial charge in [-0.15, -0.1) is 10.2 Å². The average molecular weight is 284 g/mol. The second-order valence-corrected chi connectivity index (χ2v) is 4.79. The molecule has 1 heterocycles. The maximum atomic E-state index is 11.3. The highest BCUT2D eigenvalue weighted by Gasteiger charge is 2.06. The van der Waals surface area contributed by atoms with E-state index in [9.17, 15) is 4.79 Å². The van der Waals surface area contributed by atoms with E-state index in [1.54, 1.807) is 13.0 Å². The number of nitrogens with one attached hydrogen (secondary N) is 2. The topological polar surface area (TPSA) is 66.9 Å². The van der Waals surface area contributed by atoms with Crippen LogP contribution in [-0.4, -0.2) is 16.1 Å². The number of carbonyl (C=O) groups is 1. The molecule has 0 spiro atoms. The third-order valence-electron chi connectivity index (χ3n) is 3.25. The summed E-state index contributed by atoms with van der Waals surface area (Å²) in [5.74, 6) is 1.05. The maximum absolute atomic E-state index is 11.3. The van der Waals surface area contributed by atoms with Crippen LogP contribution in [0.15, 0.2) is 30.3 Å². The van der Waals surface area contributed by atoms with Crippen molar-refractivity contribution in [3.63, 3.8) is 0 Å². The highest BCUT2D eigenvalue weighted by Crippen LogP contribution is 2.24. The van der Waals surface area contributed by atoms with Gasteiger partial charge in [-0.25, -0.2) is 0 Å². The van der Waals surface area contributed by atoms with Crippen LogP contribution in [0.2, 0.25) is 0 Å². The Hall–Kier alpha value is -2.43. The first kappa shape index (κ1) is 15.0. The lowest BCUT2D eigenvalue weighted by Gasteiger charge is -2.13. The lowest BCUT2D eigenvalue weighted by atomic mass is 10.1. The number of rotatable bonds is 5. The second kappa shape index (κ2) is 6.83. The van der Waals surface area contributed by atoms with E-state index < -0.39 is 0 Å². The number of hydrogen-bond donors (Lipinski definition) is 2. The fourth-order valence-electron chi connectivity index (χ4n) is 2.03. The first-order valence-electron chi connectivity index (χ1n) is 7.13. The van der Waals surface area contributed by atoms with Crippen molar-refractivity contribution in [2.45, 2.75) is 33.6 Å². The Labute approximate surface area is 124 Å². The van der Waals surface area contributed by atoms with Gasteiger partial charge in [0.05, 0.1) is 0 Å². The molecule has 110 valence electrons. The van der Waals surface area contributed by atoms with E-state index in [2.05, 4.69) is 52.9 Å². The fourth-order valence-corrected chi connectivity index (χ4v) is 2.03. The predicted octanol–water partition coefficient (Wildman–Crippen LogP) is 3.44. The molecule has 0 saturated carbocycles. The highest BCUT2D eigenvalue weighted by molar-refractivity contribution is 5.89. The van der Waals surface area contributed by atoms with E-state index in [1.165, 1.54) is 11.1 Å². The molecule has 1 aromatic heterocycles. The minimum absolute atomic E-state index is 0.0721. The van der Waals surface area contributed by atoms with Gasteiger partial charge in [0.1, 0.15) is 0 Å². The van der Waals surface area contributed by atoms with Crippen LogP contribution in [0.3, 0.4) is 0 Å². The van der Waals surface area contributed by atoms with Crippen LogP contribution in [0.4, 0.5) is 17.3 Å². The van der Waals surface area contributed by atoms with Crippen molar-refractivity contribution in [2.24, 2.45) is 0 Å². The molecule has 0 aliphatic carbocycles. The average Bonchev–Trinajstić information content (AvgIpc) is 2.51. The number of anilines is 3. The van der Waals surface area contributed by atoms with Crippen LogP contribution in [0, 0.1) is 6.92 Å². The third kappa shape index (κ3) is 3.78. The van der Waals surface area contributed by atoms with Crippen LogP contribution in [-0.2, 0) is 11.2 Å². The number of carbonyl (C=O) groups excluding carboxylic acids is 1. The molecule has 0 atom stereocenters. The maximum Gasteiger partial charge on any atom is 0.225 e. The standard InChI is InChI=1S/C16H20N4O/c1-4-12-8-6-7-11(3)16(12)18-14-10-9-13(19-20-14)17-15(21)5-2/h6-10H,4-5H2,1-3H3,(H,18,20)(H,17,19,21). The van der Waals surface area contributed by atoms with Gasteiger partial charge in [-0.05, 0) is 36.6 Å². The summed E-state index contributed by atoms with van der Waals surface area (Å²) in [6, 6.07) is 9.76. The molecule has 0 aliphatic rings.